The molecular formula is C21H26FN3O. The maximum atomic E-state index is 13.5. The Hall–Kier alpha value is -2.27. The van der Waals surface area contributed by atoms with Crippen molar-refractivity contribution in [2.75, 3.05) is 6.54 Å². The molecule has 1 aliphatic heterocycles. The van der Waals surface area contributed by atoms with Gasteiger partial charge in [0.1, 0.15) is 5.82 Å². The molecule has 1 saturated heterocycles. The van der Waals surface area contributed by atoms with Crippen LogP contribution in [0.4, 0.5) is 4.39 Å². The number of benzene rings is 1. The number of hydrogen-bond donors (Lipinski definition) is 1. The number of nitrogens with two attached hydrogens (primary N) is 1. The van der Waals surface area contributed by atoms with Crippen LogP contribution < -0.4 is 5.73 Å². The minimum atomic E-state index is -0.431. The molecule has 0 saturated carbocycles. The summed E-state index contributed by atoms with van der Waals surface area (Å²) in [7, 11) is 0. The Balaban J connectivity index is 1.83. The fourth-order valence-corrected chi connectivity index (χ4v) is 3.44. The second kappa shape index (κ2) is 7.16. The van der Waals surface area contributed by atoms with Crippen LogP contribution in [0.15, 0.2) is 42.5 Å². The van der Waals surface area contributed by atoms with Gasteiger partial charge in [-0.1, -0.05) is 39.0 Å². The van der Waals surface area contributed by atoms with E-state index in [-0.39, 0.29) is 23.8 Å². The van der Waals surface area contributed by atoms with Crippen LogP contribution in [-0.2, 0) is 11.2 Å². The average Bonchev–Trinajstić information content (AvgIpc) is 2.94. The van der Waals surface area contributed by atoms with Crippen molar-refractivity contribution in [3.63, 3.8) is 0 Å². The van der Waals surface area contributed by atoms with Gasteiger partial charge in [-0.2, -0.15) is 0 Å². The first-order valence-electron chi connectivity index (χ1n) is 9.04. The maximum Gasteiger partial charge on any atom is 0.228 e. The Morgan fingerprint density at radius 1 is 1.27 bits per heavy atom. The molecule has 2 aromatic rings. The monoisotopic (exact) mass is 355 g/mol. The minimum Gasteiger partial charge on any atom is -0.337 e. The second-order valence-corrected chi connectivity index (χ2v) is 8.00. The summed E-state index contributed by atoms with van der Waals surface area (Å²) in [6, 6.07) is 12.0. The summed E-state index contributed by atoms with van der Waals surface area (Å²) in [5.41, 5.74) is 8.19. The topological polar surface area (TPSA) is 59.2 Å². The van der Waals surface area contributed by atoms with Crippen LogP contribution >= 0.6 is 0 Å². The van der Waals surface area contributed by atoms with Crippen molar-refractivity contribution in [3.8, 4) is 11.3 Å². The van der Waals surface area contributed by atoms with Gasteiger partial charge in [-0.3, -0.25) is 9.78 Å². The molecule has 2 unspecified atom stereocenters. The number of halogens is 1. The largest absolute Gasteiger partial charge is 0.337 e. The Kier molecular flexibility index (Phi) is 5.10. The van der Waals surface area contributed by atoms with Crippen molar-refractivity contribution in [2.45, 2.75) is 45.7 Å². The molecule has 3 rings (SSSR count). The third kappa shape index (κ3) is 3.93. The van der Waals surface area contributed by atoms with Crippen LogP contribution in [0.5, 0.6) is 0 Å². The van der Waals surface area contributed by atoms with Gasteiger partial charge in [-0.05, 0) is 30.7 Å². The number of likely N-dealkylation sites (tertiary alicyclic amines) is 1. The molecular weight excluding hydrogens is 329 g/mol. The summed E-state index contributed by atoms with van der Waals surface area (Å²) in [5, 5.41) is 0. The number of carbonyl (C=O) groups excluding carboxylic acids is 1. The lowest BCUT2D eigenvalue weighted by molar-refractivity contribution is -0.140. The molecule has 1 fully saturated rings. The molecule has 138 valence electrons. The molecule has 0 bridgehead atoms. The van der Waals surface area contributed by atoms with Gasteiger partial charge in [-0.15, -0.1) is 0 Å². The Bertz CT molecular complexity index is 800. The van der Waals surface area contributed by atoms with E-state index >= 15 is 0 Å². The number of carbonyl (C=O) groups is 1. The van der Waals surface area contributed by atoms with Gasteiger partial charge in [-0.25, -0.2) is 4.39 Å². The van der Waals surface area contributed by atoms with Crippen molar-refractivity contribution >= 4 is 5.91 Å². The number of aromatic nitrogens is 1. The fraction of sp³-hybridized carbons (Fsp3) is 0.429. The Labute approximate surface area is 154 Å². The zero-order valence-electron chi connectivity index (χ0n) is 15.6. The Morgan fingerprint density at radius 3 is 2.69 bits per heavy atom. The molecule has 1 aromatic heterocycles. The van der Waals surface area contributed by atoms with Gasteiger partial charge in [0, 0.05) is 35.7 Å². The summed E-state index contributed by atoms with van der Waals surface area (Å²) in [6.45, 7) is 6.47. The molecule has 1 aromatic carbocycles. The van der Waals surface area contributed by atoms with Gasteiger partial charge >= 0.3 is 0 Å². The summed E-state index contributed by atoms with van der Waals surface area (Å²) < 4.78 is 13.5. The lowest BCUT2D eigenvalue weighted by Gasteiger charge is -2.32. The van der Waals surface area contributed by atoms with Gasteiger partial charge in [0.05, 0.1) is 11.7 Å². The molecule has 4 nitrogen and oxygen atoms in total. The first-order chi connectivity index (χ1) is 12.3. The van der Waals surface area contributed by atoms with Gasteiger partial charge < -0.3 is 10.6 Å². The highest BCUT2D eigenvalue weighted by Gasteiger charge is 2.39. The van der Waals surface area contributed by atoms with Crippen molar-refractivity contribution in [1.29, 1.82) is 0 Å². The van der Waals surface area contributed by atoms with Crippen LogP contribution in [0.1, 0.15) is 32.9 Å². The maximum absolute atomic E-state index is 13.5. The molecule has 1 amide bonds. The summed E-state index contributed by atoms with van der Waals surface area (Å²) >= 11 is 0. The predicted molar refractivity (Wildman–Crippen MR) is 101 cm³/mol. The van der Waals surface area contributed by atoms with Gasteiger partial charge in [0.2, 0.25) is 5.91 Å². The molecule has 5 heteroatoms. The minimum absolute atomic E-state index is 0.0547. The van der Waals surface area contributed by atoms with Gasteiger partial charge in [0.25, 0.3) is 0 Å². The molecule has 2 heterocycles. The molecule has 0 aliphatic carbocycles. The van der Waals surface area contributed by atoms with E-state index in [4.69, 9.17) is 5.73 Å². The zero-order chi connectivity index (χ0) is 18.9. The lowest BCUT2D eigenvalue weighted by Crippen LogP contribution is -2.48. The van der Waals surface area contributed by atoms with E-state index in [2.05, 4.69) is 4.98 Å². The predicted octanol–water partition coefficient (Wildman–Crippen LogP) is 3.40. The number of hydrogen-bond acceptors (Lipinski definition) is 3. The molecule has 0 spiro atoms. The summed E-state index contributed by atoms with van der Waals surface area (Å²) in [6.07, 6.45) is 1.40. The average molecular weight is 355 g/mol. The standard InChI is InChI=1S/C21H26FN3O/c1-21(2,3)20(26)25-11-10-17(23)19(25)13-16-8-5-9-18(24-16)14-6-4-7-15(22)12-14/h4-9,12,17,19H,10-11,13,23H2,1-3H3. The van der Waals surface area contributed by atoms with Crippen LogP contribution in [0.3, 0.4) is 0 Å². The van der Waals surface area contributed by atoms with E-state index in [0.29, 0.717) is 13.0 Å². The second-order valence-electron chi connectivity index (χ2n) is 8.00. The smallest absolute Gasteiger partial charge is 0.228 e. The van der Waals surface area contributed by atoms with Crippen molar-refractivity contribution < 1.29 is 9.18 Å². The normalized spacial score (nSPS) is 20.4. The highest BCUT2D eigenvalue weighted by atomic mass is 19.1. The summed E-state index contributed by atoms with van der Waals surface area (Å²) in [5.74, 6) is -0.161. The number of rotatable bonds is 3. The third-order valence-electron chi connectivity index (χ3n) is 4.85. The van der Waals surface area contributed by atoms with Crippen LogP contribution in [0, 0.1) is 11.2 Å². The van der Waals surface area contributed by atoms with Crippen LogP contribution in [0.25, 0.3) is 11.3 Å². The highest BCUT2D eigenvalue weighted by Crippen LogP contribution is 2.27. The van der Waals surface area contributed by atoms with Crippen molar-refractivity contribution in [2.24, 2.45) is 11.1 Å². The van der Waals surface area contributed by atoms with Crippen molar-refractivity contribution in [1.82, 2.24) is 9.88 Å². The highest BCUT2D eigenvalue weighted by molar-refractivity contribution is 5.82. The van der Waals surface area contributed by atoms with E-state index < -0.39 is 5.41 Å². The fourth-order valence-electron chi connectivity index (χ4n) is 3.44. The first kappa shape index (κ1) is 18.5. The number of nitrogens with zero attached hydrogens (tertiary/aromatic N) is 2. The van der Waals surface area contributed by atoms with E-state index in [1.165, 1.54) is 12.1 Å². The SMILES string of the molecule is CC(C)(C)C(=O)N1CCC(N)C1Cc1cccc(-c2cccc(F)c2)n1. The van der Waals surface area contributed by atoms with Crippen molar-refractivity contribution in [3.05, 3.63) is 54.0 Å². The third-order valence-corrected chi connectivity index (χ3v) is 4.85. The molecule has 0 radical (unpaired) electrons. The van der Waals surface area contributed by atoms with Crippen LogP contribution in [-0.4, -0.2) is 34.4 Å². The molecule has 2 N–H and O–H groups in total. The molecule has 2 atom stereocenters. The van der Waals surface area contributed by atoms with Gasteiger partial charge in [0.15, 0.2) is 0 Å². The molecule has 26 heavy (non-hydrogen) atoms. The Morgan fingerprint density at radius 2 is 2.00 bits per heavy atom. The van der Waals surface area contributed by atoms with E-state index in [0.717, 1.165) is 23.4 Å². The number of pyridine rings is 1. The van der Waals surface area contributed by atoms with E-state index in [1.54, 1.807) is 6.07 Å². The van der Waals surface area contributed by atoms with E-state index in [1.807, 2.05) is 49.9 Å². The zero-order valence-corrected chi connectivity index (χ0v) is 15.6. The quantitative estimate of drug-likeness (QED) is 0.918. The van der Waals surface area contributed by atoms with E-state index in [9.17, 15) is 9.18 Å². The lowest BCUT2D eigenvalue weighted by atomic mass is 9.93. The number of amides is 1. The van der Waals surface area contributed by atoms with Crippen LogP contribution in [0.2, 0.25) is 0 Å². The summed E-state index contributed by atoms with van der Waals surface area (Å²) in [4.78, 5) is 19.3. The molecule has 1 aliphatic rings. The first-order valence-corrected chi connectivity index (χ1v) is 9.04.